The van der Waals surface area contributed by atoms with E-state index < -0.39 is 0 Å². The first-order valence-electron chi connectivity index (χ1n) is 7.86. The van der Waals surface area contributed by atoms with Crippen molar-refractivity contribution in [3.05, 3.63) is 36.0 Å². The van der Waals surface area contributed by atoms with Crippen LogP contribution in [0.3, 0.4) is 0 Å². The van der Waals surface area contributed by atoms with Crippen molar-refractivity contribution in [3.8, 4) is 0 Å². The van der Waals surface area contributed by atoms with Crippen LogP contribution in [0, 0.1) is 5.92 Å². The van der Waals surface area contributed by atoms with Crippen molar-refractivity contribution in [2.75, 3.05) is 19.6 Å². The SMILES string of the molecule is O=C(Cc1ccc2[nH]ccc2c1)NC1CN2CCC1CC2. The lowest BCUT2D eigenvalue weighted by molar-refractivity contribution is -0.122. The van der Waals surface area contributed by atoms with Crippen LogP contribution in [0.1, 0.15) is 18.4 Å². The molecule has 1 aromatic heterocycles. The lowest BCUT2D eigenvalue weighted by Crippen LogP contribution is -2.57. The van der Waals surface area contributed by atoms with E-state index in [4.69, 9.17) is 0 Å². The summed E-state index contributed by atoms with van der Waals surface area (Å²) in [6.45, 7) is 3.45. The van der Waals surface area contributed by atoms with E-state index in [0.29, 0.717) is 18.4 Å². The summed E-state index contributed by atoms with van der Waals surface area (Å²) < 4.78 is 0. The van der Waals surface area contributed by atoms with Crippen molar-refractivity contribution >= 4 is 16.8 Å². The molecule has 2 N–H and O–H groups in total. The number of carbonyl (C=O) groups excluding carboxylic acids is 1. The van der Waals surface area contributed by atoms with Gasteiger partial charge in [0.05, 0.1) is 6.42 Å². The van der Waals surface area contributed by atoms with Crippen molar-refractivity contribution in [3.63, 3.8) is 0 Å². The standard InChI is InChI=1S/C17H21N3O/c21-17(19-16-11-20-7-4-13(16)5-8-20)10-12-1-2-15-14(9-12)3-6-18-15/h1-3,6,9,13,16,18H,4-5,7-8,10-11H2,(H,19,21). The largest absolute Gasteiger partial charge is 0.361 e. The van der Waals surface area contributed by atoms with Gasteiger partial charge >= 0.3 is 0 Å². The summed E-state index contributed by atoms with van der Waals surface area (Å²) in [6, 6.07) is 8.59. The van der Waals surface area contributed by atoms with Gasteiger partial charge in [0.1, 0.15) is 0 Å². The number of carbonyl (C=O) groups is 1. The number of benzene rings is 1. The van der Waals surface area contributed by atoms with Crippen LogP contribution in [0.5, 0.6) is 0 Å². The Hall–Kier alpha value is -1.81. The van der Waals surface area contributed by atoms with Gasteiger partial charge in [-0.2, -0.15) is 0 Å². The average Bonchev–Trinajstić information content (AvgIpc) is 2.96. The van der Waals surface area contributed by atoms with Crippen LogP contribution >= 0.6 is 0 Å². The van der Waals surface area contributed by atoms with Gasteiger partial charge in [-0.1, -0.05) is 6.07 Å². The maximum atomic E-state index is 12.3. The molecule has 3 saturated heterocycles. The highest BCUT2D eigenvalue weighted by Crippen LogP contribution is 2.27. The van der Waals surface area contributed by atoms with E-state index in [1.54, 1.807) is 0 Å². The Morgan fingerprint density at radius 2 is 2.14 bits per heavy atom. The first kappa shape index (κ1) is 12.9. The minimum atomic E-state index is 0.156. The summed E-state index contributed by atoms with van der Waals surface area (Å²) in [7, 11) is 0. The number of amides is 1. The van der Waals surface area contributed by atoms with Crippen LogP contribution in [0.2, 0.25) is 0 Å². The maximum absolute atomic E-state index is 12.3. The van der Waals surface area contributed by atoms with Crippen LogP contribution in [-0.2, 0) is 11.2 Å². The van der Waals surface area contributed by atoms with Gasteiger partial charge in [-0.25, -0.2) is 0 Å². The third-order valence-corrected chi connectivity index (χ3v) is 4.98. The molecule has 2 bridgehead atoms. The fraction of sp³-hybridized carbons (Fsp3) is 0.471. The van der Waals surface area contributed by atoms with Crippen LogP contribution in [0.4, 0.5) is 0 Å². The fourth-order valence-electron chi connectivity index (χ4n) is 3.78. The summed E-state index contributed by atoms with van der Waals surface area (Å²) in [5.41, 5.74) is 2.21. The zero-order chi connectivity index (χ0) is 14.2. The highest BCUT2D eigenvalue weighted by Gasteiger charge is 2.34. The van der Waals surface area contributed by atoms with E-state index in [1.165, 1.54) is 31.3 Å². The fourth-order valence-corrected chi connectivity index (χ4v) is 3.78. The summed E-state index contributed by atoms with van der Waals surface area (Å²) >= 11 is 0. The zero-order valence-electron chi connectivity index (χ0n) is 12.1. The van der Waals surface area contributed by atoms with Crippen molar-refractivity contribution < 1.29 is 4.79 Å². The molecule has 0 radical (unpaired) electrons. The molecule has 1 unspecified atom stereocenters. The molecule has 4 heterocycles. The Labute approximate surface area is 124 Å². The normalized spacial score (nSPS) is 27.9. The number of aromatic amines is 1. The molecule has 2 aromatic rings. The van der Waals surface area contributed by atoms with Crippen molar-refractivity contribution in [2.45, 2.75) is 25.3 Å². The average molecular weight is 283 g/mol. The van der Waals surface area contributed by atoms with Gasteiger partial charge in [-0.05, 0) is 61.0 Å². The number of hydrogen-bond donors (Lipinski definition) is 2. The summed E-state index contributed by atoms with van der Waals surface area (Å²) in [4.78, 5) is 17.9. The predicted molar refractivity (Wildman–Crippen MR) is 83.1 cm³/mol. The summed E-state index contributed by atoms with van der Waals surface area (Å²) in [6.07, 6.45) is 4.88. The minimum Gasteiger partial charge on any atom is -0.361 e. The summed E-state index contributed by atoms with van der Waals surface area (Å²) in [5, 5.41) is 4.42. The topological polar surface area (TPSA) is 48.1 Å². The lowest BCUT2D eigenvalue weighted by atomic mass is 9.84. The lowest BCUT2D eigenvalue weighted by Gasteiger charge is -2.44. The molecule has 110 valence electrons. The first-order valence-corrected chi connectivity index (χ1v) is 7.86. The second-order valence-corrected chi connectivity index (χ2v) is 6.39. The van der Waals surface area contributed by atoms with Crippen molar-refractivity contribution in [1.82, 2.24) is 15.2 Å². The van der Waals surface area contributed by atoms with E-state index in [1.807, 2.05) is 24.4 Å². The Bertz CT molecular complexity index is 655. The molecular formula is C17H21N3O. The molecule has 1 aromatic carbocycles. The van der Waals surface area contributed by atoms with Gasteiger partial charge in [-0.3, -0.25) is 4.79 Å². The monoisotopic (exact) mass is 283 g/mol. The van der Waals surface area contributed by atoms with Gasteiger partial charge < -0.3 is 15.2 Å². The number of fused-ring (bicyclic) bond motifs is 4. The first-order chi connectivity index (χ1) is 10.3. The molecule has 3 aliphatic heterocycles. The van der Waals surface area contributed by atoms with Crippen molar-refractivity contribution in [2.24, 2.45) is 5.92 Å². The highest BCUT2D eigenvalue weighted by molar-refractivity contribution is 5.83. The molecule has 3 fully saturated rings. The zero-order valence-corrected chi connectivity index (χ0v) is 12.1. The maximum Gasteiger partial charge on any atom is 0.224 e. The number of aromatic nitrogens is 1. The third-order valence-electron chi connectivity index (χ3n) is 4.98. The second-order valence-electron chi connectivity index (χ2n) is 6.39. The number of rotatable bonds is 3. The Kier molecular flexibility index (Phi) is 3.19. The second kappa shape index (κ2) is 5.19. The Morgan fingerprint density at radius 3 is 2.90 bits per heavy atom. The van der Waals surface area contributed by atoms with Gasteiger partial charge in [0, 0.05) is 24.3 Å². The van der Waals surface area contributed by atoms with E-state index in [0.717, 1.165) is 17.6 Å². The van der Waals surface area contributed by atoms with Gasteiger partial charge in [0.25, 0.3) is 0 Å². The third kappa shape index (κ3) is 2.56. The molecule has 0 spiro atoms. The molecule has 1 amide bonds. The van der Waals surface area contributed by atoms with Crippen LogP contribution < -0.4 is 5.32 Å². The minimum absolute atomic E-state index is 0.156. The predicted octanol–water partition coefficient (Wildman–Crippen LogP) is 1.92. The van der Waals surface area contributed by atoms with Crippen LogP contribution in [0.25, 0.3) is 10.9 Å². The van der Waals surface area contributed by atoms with Gasteiger partial charge in [-0.15, -0.1) is 0 Å². The van der Waals surface area contributed by atoms with E-state index in [9.17, 15) is 4.79 Å². The molecule has 0 saturated carbocycles. The van der Waals surface area contributed by atoms with Gasteiger partial charge in [0.15, 0.2) is 0 Å². The van der Waals surface area contributed by atoms with E-state index >= 15 is 0 Å². The van der Waals surface area contributed by atoms with E-state index in [-0.39, 0.29) is 5.91 Å². The number of hydrogen-bond acceptors (Lipinski definition) is 2. The Balaban J connectivity index is 1.41. The molecule has 1 atom stereocenters. The van der Waals surface area contributed by atoms with Gasteiger partial charge in [0.2, 0.25) is 5.91 Å². The summed E-state index contributed by atoms with van der Waals surface area (Å²) in [5.74, 6) is 0.842. The van der Waals surface area contributed by atoms with Crippen LogP contribution in [0.15, 0.2) is 30.5 Å². The quantitative estimate of drug-likeness (QED) is 0.904. The van der Waals surface area contributed by atoms with Crippen molar-refractivity contribution in [1.29, 1.82) is 0 Å². The molecule has 4 heteroatoms. The number of H-pyrrole nitrogens is 1. The molecule has 3 aliphatic rings. The molecular weight excluding hydrogens is 262 g/mol. The molecule has 5 rings (SSSR count). The number of piperidine rings is 3. The van der Waals surface area contributed by atoms with Crippen LogP contribution in [-0.4, -0.2) is 41.5 Å². The number of nitrogens with zero attached hydrogens (tertiary/aromatic N) is 1. The molecule has 21 heavy (non-hydrogen) atoms. The Morgan fingerprint density at radius 1 is 1.29 bits per heavy atom. The van der Waals surface area contributed by atoms with E-state index in [2.05, 4.69) is 21.3 Å². The highest BCUT2D eigenvalue weighted by atomic mass is 16.1. The smallest absolute Gasteiger partial charge is 0.224 e. The number of nitrogens with one attached hydrogen (secondary N) is 2. The molecule has 0 aliphatic carbocycles. The molecule has 4 nitrogen and oxygen atoms in total.